The third-order valence-electron chi connectivity index (χ3n) is 2.13. The Morgan fingerprint density at radius 2 is 1.88 bits per heavy atom. The predicted octanol–water partition coefficient (Wildman–Crippen LogP) is 1.86. The molecule has 0 aliphatic carbocycles. The molecule has 0 spiro atoms. The van der Waals surface area contributed by atoms with Gasteiger partial charge in [0, 0.05) is 18.6 Å². The lowest BCUT2D eigenvalue weighted by molar-refractivity contribution is -0.159. The Morgan fingerprint density at radius 3 is 2.41 bits per heavy atom. The maximum atomic E-state index is 11.5. The zero-order chi connectivity index (χ0) is 12.8. The fourth-order valence-electron chi connectivity index (χ4n) is 1.28. The Kier molecular flexibility index (Phi) is 4.97. The number of esters is 1. The summed E-state index contributed by atoms with van der Waals surface area (Å²) in [4.78, 5) is 24.0. The van der Waals surface area contributed by atoms with E-state index in [1.807, 2.05) is 0 Å². The molecule has 0 aromatic heterocycles. The van der Waals surface area contributed by atoms with Crippen molar-refractivity contribution in [2.45, 2.75) is 13.5 Å². The molecule has 1 aromatic rings. The summed E-state index contributed by atoms with van der Waals surface area (Å²) < 4.78 is 4.63. The normalized spacial score (nSPS) is 9.82. The van der Waals surface area contributed by atoms with Crippen LogP contribution in [0.4, 0.5) is 0 Å². The van der Waals surface area contributed by atoms with E-state index in [1.165, 1.54) is 4.90 Å². The number of carbonyl (C=O) groups is 2. The molecule has 0 atom stereocenters. The van der Waals surface area contributed by atoms with Gasteiger partial charge in [-0.2, -0.15) is 0 Å². The van der Waals surface area contributed by atoms with Gasteiger partial charge in [0.15, 0.2) is 0 Å². The molecule has 0 saturated heterocycles. The summed E-state index contributed by atoms with van der Waals surface area (Å²) in [5.41, 5.74) is 0.898. The van der Waals surface area contributed by atoms with Crippen LogP contribution < -0.4 is 0 Å². The van der Waals surface area contributed by atoms with Gasteiger partial charge < -0.3 is 9.64 Å². The van der Waals surface area contributed by atoms with Crippen molar-refractivity contribution in [1.29, 1.82) is 0 Å². The van der Waals surface area contributed by atoms with Crippen LogP contribution in [0.5, 0.6) is 0 Å². The highest BCUT2D eigenvalue weighted by molar-refractivity contribution is 6.32. The minimum atomic E-state index is -0.830. The highest BCUT2D eigenvalue weighted by Crippen LogP contribution is 2.11. The molecule has 0 radical (unpaired) electrons. The van der Waals surface area contributed by atoms with Gasteiger partial charge in [0.2, 0.25) is 0 Å². The van der Waals surface area contributed by atoms with Crippen LogP contribution in [-0.4, -0.2) is 30.4 Å². The summed E-state index contributed by atoms with van der Waals surface area (Å²) >= 11 is 5.75. The number of ether oxygens (including phenoxy) is 1. The molecule has 17 heavy (non-hydrogen) atoms. The molecule has 0 aliphatic rings. The van der Waals surface area contributed by atoms with E-state index in [4.69, 9.17) is 11.6 Å². The van der Waals surface area contributed by atoms with Gasteiger partial charge in [-0.3, -0.25) is 4.79 Å². The number of hydrogen-bond donors (Lipinski definition) is 0. The first-order chi connectivity index (χ1) is 8.04. The summed E-state index contributed by atoms with van der Waals surface area (Å²) in [5, 5.41) is 0.633. The summed E-state index contributed by atoms with van der Waals surface area (Å²) in [6.45, 7) is 2.19. The van der Waals surface area contributed by atoms with Crippen molar-refractivity contribution < 1.29 is 14.3 Å². The van der Waals surface area contributed by atoms with Crippen LogP contribution in [0.25, 0.3) is 0 Å². The van der Waals surface area contributed by atoms with Crippen LogP contribution >= 0.6 is 11.6 Å². The molecule has 5 heteroatoms. The van der Waals surface area contributed by atoms with E-state index in [9.17, 15) is 9.59 Å². The lowest BCUT2D eigenvalue weighted by Gasteiger charge is -2.15. The van der Waals surface area contributed by atoms with E-state index in [0.29, 0.717) is 11.6 Å². The third kappa shape index (κ3) is 4.07. The van der Waals surface area contributed by atoms with Gasteiger partial charge in [-0.05, 0) is 24.6 Å². The monoisotopic (exact) mass is 255 g/mol. The van der Waals surface area contributed by atoms with E-state index in [2.05, 4.69) is 4.74 Å². The fourth-order valence-corrected chi connectivity index (χ4v) is 1.41. The summed E-state index contributed by atoms with van der Waals surface area (Å²) in [6, 6.07) is 7.08. The van der Waals surface area contributed by atoms with E-state index in [0.717, 1.165) is 5.56 Å². The van der Waals surface area contributed by atoms with Crippen LogP contribution in [0.3, 0.4) is 0 Å². The van der Waals surface area contributed by atoms with Gasteiger partial charge >= 0.3 is 11.9 Å². The molecule has 0 N–H and O–H groups in total. The van der Waals surface area contributed by atoms with Crippen molar-refractivity contribution >= 4 is 23.5 Å². The summed E-state index contributed by atoms with van der Waals surface area (Å²) in [5.74, 6) is -1.48. The number of amides is 1. The molecule has 4 nitrogen and oxygen atoms in total. The predicted molar refractivity (Wildman–Crippen MR) is 64.6 cm³/mol. The third-order valence-corrected chi connectivity index (χ3v) is 2.38. The van der Waals surface area contributed by atoms with Crippen LogP contribution in [0.1, 0.15) is 12.5 Å². The summed E-state index contributed by atoms with van der Waals surface area (Å²) in [6.07, 6.45) is 0. The second kappa shape index (κ2) is 6.25. The Morgan fingerprint density at radius 1 is 1.29 bits per heavy atom. The average molecular weight is 256 g/mol. The molecule has 1 amide bonds. The van der Waals surface area contributed by atoms with Gasteiger partial charge in [-0.25, -0.2) is 4.79 Å². The highest BCUT2D eigenvalue weighted by atomic mass is 35.5. The second-order valence-electron chi connectivity index (χ2n) is 3.51. The van der Waals surface area contributed by atoms with Crippen molar-refractivity contribution in [2.75, 3.05) is 13.7 Å². The van der Waals surface area contributed by atoms with Crippen molar-refractivity contribution in [3.05, 3.63) is 34.9 Å². The fraction of sp³-hybridized carbons (Fsp3) is 0.333. The molecular weight excluding hydrogens is 242 g/mol. The number of likely N-dealkylation sites (N-methyl/N-ethyl adjacent to an activating group) is 1. The first-order valence-electron chi connectivity index (χ1n) is 5.21. The van der Waals surface area contributed by atoms with Gasteiger partial charge in [0.05, 0.1) is 6.61 Å². The minimum Gasteiger partial charge on any atom is -0.459 e. The Hall–Kier alpha value is -1.55. The standard InChI is InChI=1S/C12H14ClNO3/c1-3-17-12(16)11(15)14(2)8-9-4-6-10(13)7-5-9/h4-7H,3,8H2,1-2H3. The lowest BCUT2D eigenvalue weighted by Crippen LogP contribution is -2.34. The zero-order valence-corrected chi connectivity index (χ0v) is 10.5. The van der Waals surface area contributed by atoms with Gasteiger partial charge in [-0.15, -0.1) is 0 Å². The second-order valence-corrected chi connectivity index (χ2v) is 3.94. The number of carbonyl (C=O) groups excluding carboxylic acids is 2. The Labute approximate surface area is 105 Å². The molecule has 1 rings (SSSR count). The smallest absolute Gasteiger partial charge is 0.397 e. The molecule has 1 aromatic carbocycles. The zero-order valence-electron chi connectivity index (χ0n) is 9.77. The van der Waals surface area contributed by atoms with Crippen LogP contribution in [0.2, 0.25) is 5.02 Å². The molecule has 0 heterocycles. The molecule has 0 aliphatic heterocycles. The van der Waals surface area contributed by atoms with E-state index >= 15 is 0 Å². The quantitative estimate of drug-likeness (QED) is 0.612. The number of nitrogens with zero attached hydrogens (tertiary/aromatic N) is 1. The van der Waals surface area contributed by atoms with Crippen molar-refractivity contribution in [2.24, 2.45) is 0 Å². The van der Waals surface area contributed by atoms with Gasteiger partial charge in [0.1, 0.15) is 0 Å². The SMILES string of the molecule is CCOC(=O)C(=O)N(C)Cc1ccc(Cl)cc1. The first-order valence-corrected chi connectivity index (χ1v) is 5.59. The number of rotatable bonds is 3. The molecule has 92 valence electrons. The van der Waals surface area contributed by atoms with E-state index in [-0.39, 0.29) is 6.61 Å². The lowest BCUT2D eigenvalue weighted by atomic mass is 10.2. The molecular formula is C12H14ClNO3. The summed E-state index contributed by atoms with van der Waals surface area (Å²) in [7, 11) is 1.55. The molecule has 0 unspecified atom stereocenters. The van der Waals surface area contributed by atoms with Crippen molar-refractivity contribution in [1.82, 2.24) is 4.90 Å². The van der Waals surface area contributed by atoms with E-state index in [1.54, 1.807) is 38.2 Å². The molecule has 0 saturated carbocycles. The number of halogens is 1. The average Bonchev–Trinajstić information content (AvgIpc) is 2.31. The van der Waals surface area contributed by atoms with Crippen molar-refractivity contribution in [3.63, 3.8) is 0 Å². The number of benzene rings is 1. The Balaban J connectivity index is 2.59. The van der Waals surface area contributed by atoms with Crippen LogP contribution in [0.15, 0.2) is 24.3 Å². The van der Waals surface area contributed by atoms with Gasteiger partial charge in [0.25, 0.3) is 0 Å². The largest absolute Gasteiger partial charge is 0.459 e. The molecule has 0 fully saturated rings. The van der Waals surface area contributed by atoms with E-state index < -0.39 is 11.9 Å². The Bertz CT molecular complexity index is 403. The topological polar surface area (TPSA) is 46.6 Å². The minimum absolute atomic E-state index is 0.194. The first kappa shape index (κ1) is 13.5. The highest BCUT2D eigenvalue weighted by Gasteiger charge is 2.19. The van der Waals surface area contributed by atoms with Crippen molar-refractivity contribution in [3.8, 4) is 0 Å². The number of hydrogen-bond acceptors (Lipinski definition) is 3. The maximum Gasteiger partial charge on any atom is 0.397 e. The molecule has 0 bridgehead atoms. The van der Waals surface area contributed by atoms with Gasteiger partial charge in [-0.1, -0.05) is 23.7 Å². The maximum absolute atomic E-state index is 11.5. The van der Waals surface area contributed by atoms with Crippen LogP contribution in [-0.2, 0) is 20.9 Å². The van der Waals surface area contributed by atoms with Crippen LogP contribution in [0, 0.1) is 0 Å².